The molecule has 1 fully saturated rings. The van der Waals surface area contributed by atoms with Crippen LogP contribution in [0.15, 0.2) is 30.3 Å². The minimum atomic E-state index is -0.520. The molecule has 1 saturated heterocycles. The van der Waals surface area contributed by atoms with Crippen molar-refractivity contribution in [2.75, 3.05) is 6.54 Å². The molecule has 0 bridgehead atoms. The number of nitrogens with zero attached hydrogens (tertiary/aromatic N) is 1. The van der Waals surface area contributed by atoms with E-state index in [1.54, 1.807) is 4.90 Å². The van der Waals surface area contributed by atoms with Crippen LogP contribution in [0.1, 0.15) is 32.8 Å². The Morgan fingerprint density at radius 2 is 2.00 bits per heavy atom. The molecule has 114 valence electrons. The third-order valence-corrected chi connectivity index (χ3v) is 3.58. The van der Waals surface area contributed by atoms with Crippen molar-refractivity contribution < 1.29 is 14.3 Å². The Balaban J connectivity index is 2.09. The molecule has 0 radical (unpaired) electrons. The number of likely N-dealkylation sites (tertiary alicyclic amines) is 1. The van der Waals surface area contributed by atoms with Gasteiger partial charge in [0.1, 0.15) is 11.9 Å². The molecule has 1 aliphatic heterocycles. The van der Waals surface area contributed by atoms with Crippen LogP contribution in [0, 0.1) is 5.92 Å². The molecule has 1 amide bonds. The van der Waals surface area contributed by atoms with E-state index in [2.05, 4.69) is 0 Å². The zero-order valence-electron chi connectivity index (χ0n) is 12.9. The van der Waals surface area contributed by atoms with Crippen LogP contribution in [-0.4, -0.2) is 35.5 Å². The molecule has 4 heteroatoms. The van der Waals surface area contributed by atoms with Gasteiger partial charge in [0.2, 0.25) is 0 Å². The van der Waals surface area contributed by atoms with Crippen molar-refractivity contribution in [3.8, 4) is 0 Å². The highest BCUT2D eigenvalue weighted by atomic mass is 16.6. The first-order chi connectivity index (χ1) is 9.89. The summed E-state index contributed by atoms with van der Waals surface area (Å²) in [5.41, 5.74) is 0.649. The second kappa shape index (κ2) is 6.29. The van der Waals surface area contributed by atoms with E-state index in [0.717, 1.165) is 12.7 Å². The quantitative estimate of drug-likeness (QED) is 0.803. The number of ether oxygens (including phenoxy) is 1. The predicted octanol–water partition coefficient (Wildman–Crippen LogP) is 3.05. The number of amides is 1. The third kappa shape index (κ3) is 4.31. The molecule has 0 saturated carbocycles. The third-order valence-electron chi connectivity index (χ3n) is 3.58. The van der Waals surface area contributed by atoms with Crippen LogP contribution < -0.4 is 0 Å². The van der Waals surface area contributed by atoms with E-state index < -0.39 is 5.60 Å². The van der Waals surface area contributed by atoms with E-state index >= 15 is 0 Å². The molecule has 1 aliphatic rings. The molecule has 1 aromatic rings. The van der Waals surface area contributed by atoms with Gasteiger partial charge in [-0.05, 0) is 39.2 Å². The Morgan fingerprint density at radius 3 is 2.57 bits per heavy atom. The zero-order chi connectivity index (χ0) is 15.5. The van der Waals surface area contributed by atoms with Gasteiger partial charge in [0.05, 0.1) is 0 Å². The second-order valence-corrected chi connectivity index (χ2v) is 6.61. The number of carbonyl (C=O) groups excluding carboxylic acids is 2. The van der Waals surface area contributed by atoms with Gasteiger partial charge in [-0.25, -0.2) is 4.79 Å². The molecule has 1 aromatic carbocycles. The van der Waals surface area contributed by atoms with Gasteiger partial charge < -0.3 is 14.4 Å². The summed E-state index contributed by atoms with van der Waals surface area (Å²) in [5.74, 6) is -0.0915. The van der Waals surface area contributed by atoms with E-state index in [0.29, 0.717) is 13.0 Å². The van der Waals surface area contributed by atoms with Crippen molar-refractivity contribution in [1.29, 1.82) is 0 Å². The Morgan fingerprint density at radius 1 is 1.33 bits per heavy atom. The monoisotopic (exact) mass is 289 g/mol. The molecule has 0 spiro atoms. The summed E-state index contributed by atoms with van der Waals surface area (Å²) in [6.45, 7) is 6.01. The van der Waals surface area contributed by atoms with Gasteiger partial charge in [-0.15, -0.1) is 0 Å². The SMILES string of the molecule is CC(C)(C)OC(=O)N1CC(C=O)CC1Cc1ccccc1. The summed E-state index contributed by atoms with van der Waals surface area (Å²) < 4.78 is 5.45. The molecule has 0 aliphatic carbocycles. The van der Waals surface area contributed by atoms with Gasteiger partial charge in [-0.3, -0.25) is 0 Å². The summed E-state index contributed by atoms with van der Waals surface area (Å²) in [5, 5.41) is 0. The van der Waals surface area contributed by atoms with Gasteiger partial charge in [0.25, 0.3) is 0 Å². The maximum Gasteiger partial charge on any atom is 0.410 e. The van der Waals surface area contributed by atoms with Crippen molar-refractivity contribution in [2.45, 2.75) is 45.3 Å². The summed E-state index contributed by atoms with van der Waals surface area (Å²) in [6.07, 6.45) is 2.08. The maximum absolute atomic E-state index is 12.3. The smallest absolute Gasteiger partial charge is 0.410 e. The molecule has 0 N–H and O–H groups in total. The van der Waals surface area contributed by atoms with Crippen molar-refractivity contribution in [3.63, 3.8) is 0 Å². The number of aldehydes is 1. The van der Waals surface area contributed by atoms with Crippen LogP contribution in [0.5, 0.6) is 0 Å². The lowest BCUT2D eigenvalue weighted by Gasteiger charge is -2.28. The highest BCUT2D eigenvalue weighted by Crippen LogP contribution is 2.26. The van der Waals surface area contributed by atoms with Gasteiger partial charge >= 0.3 is 6.09 Å². The van der Waals surface area contributed by atoms with Crippen molar-refractivity contribution in [2.24, 2.45) is 5.92 Å². The predicted molar refractivity (Wildman–Crippen MR) is 81.0 cm³/mol. The van der Waals surface area contributed by atoms with Gasteiger partial charge in [-0.1, -0.05) is 30.3 Å². The van der Waals surface area contributed by atoms with Crippen molar-refractivity contribution >= 4 is 12.4 Å². The highest BCUT2D eigenvalue weighted by molar-refractivity contribution is 5.70. The lowest BCUT2D eigenvalue weighted by molar-refractivity contribution is -0.110. The molecule has 0 aromatic heterocycles. The lowest BCUT2D eigenvalue weighted by atomic mass is 10.0. The van der Waals surface area contributed by atoms with Gasteiger partial charge in [0.15, 0.2) is 0 Å². The largest absolute Gasteiger partial charge is 0.444 e. The Hall–Kier alpha value is -1.84. The first kappa shape index (κ1) is 15.5. The summed E-state index contributed by atoms with van der Waals surface area (Å²) in [7, 11) is 0. The highest BCUT2D eigenvalue weighted by Gasteiger charge is 2.37. The molecule has 2 unspecified atom stereocenters. The van der Waals surface area contributed by atoms with Crippen LogP contribution in [-0.2, 0) is 16.0 Å². The second-order valence-electron chi connectivity index (χ2n) is 6.61. The number of rotatable bonds is 3. The van der Waals surface area contributed by atoms with Crippen LogP contribution in [0.3, 0.4) is 0 Å². The fraction of sp³-hybridized carbons (Fsp3) is 0.529. The van der Waals surface area contributed by atoms with E-state index in [4.69, 9.17) is 4.74 Å². The van der Waals surface area contributed by atoms with E-state index in [1.165, 1.54) is 5.56 Å². The number of hydrogen-bond donors (Lipinski definition) is 0. The van der Waals surface area contributed by atoms with Gasteiger partial charge in [0, 0.05) is 18.5 Å². The summed E-state index contributed by atoms with van der Waals surface area (Å²) >= 11 is 0. The fourth-order valence-electron chi connectivity index (χ4n) is 2.68. The van der Waals surface area contributed by atoms with E-state index in [1.807, 2.05) is 51.1 Å². The lowest BCUT2D eigenvalue weighted by Crippen LogP contribution is -2.40. The van der Waals surface area contributed by atoms with Crippen LogP contribution in [0.25, 0.3) is 0 Å². The molecular weight excluding hydrogens is 266 g/mol. The Labute approximate surface area is 126 Å². The van der Waals surface area contributed by atoms with Crippen LogP contribution in [0.4, 0.5) is 4.79 Å². The molecule has 1 heterocycles. The molecule has 4 nitrogen and oxygen atoms in total. The minimum absolute atomic E-state index is 0.0254. The minimum Gasteiger partial charge on any atom is -0.444 e. The molecular formula is C17H23NO3. The van der Waals surface area contributed by atoms with E-state index in [-0.39, 0.29) is 18.1 Å². The summed E-state index contributed by atoms with van der Waals surface area (Å²) in [6, 6.07) is 10.1. The first-order valence-electron chi connectivity index (χ1n) is 7.38. The number of benzene rings is 1. The molecule has 2 rings (SSSR count). The Kier molecular flexibility index (Phi) is 4.66. The van der Waals surface area contributed by atoms with Crippen LogP contribution in [0.2, 0.25) is 0 Å². The van der Waals surface area contributed by atoms with Crippen LogP contribution >= 0.6 is 0 Å². The topological polar surface area (TPSA) is 46.6 Å². The van der Waals surface area contributed by atoms with Crippen molar-refractivity contribution in [3.05, 3.63) is 35.9 Å². The van der Waals surface area contributed by atoms with E-state index in [9.17, 15) is 9.59 Å². The fourth-order valence-corrected chi connectivity index (χ4v) is 2.68. The molecule has 2 atom stereocenters. The standard InChI is InChI=1S/C17H23NO3/c1-17(2,3)21-16(20)18-11-14(12-19)10-15(18)9-13-7-5-4-6-8-13/h4-8,12,14-15H,9-11H2,1-3H3. The average molecular weight is 289 g/mol. The number of carbonyl (C=O) groups is 2. The Bertz CT molecular complexity index is 493. The zero-order valence-corrected chi connectivity index (χ0v) is 12.9. The molecule has 21 heavy (non-hydrogen) atoms. The van der Waals surface area contributed by atoms with Gasteiger partial charge in [-0.2, -0.15) is 0 Å². The maximum atomic E-state index is 12.3. The number of hydrogen-bond acceptors (Lipinski definition) is 3. The van der Waals surface area contributed by atoms with Crippen molar-refractivity contribution in [1.82, 2.24) is 4.90 Å². The average Bonchev–Trinajstić information content (AvgIpc) is 2.81. The summed E-state index contributed by atoms with van der Waals surface area (Å²) in [4.78, 5) is 25.1. The first-order valence-corrected chi connectivity index (χ1v) is 7.38. The normalized spacial score (nSPS) is 22.1.